The molecule has 92 valence electrons. The van der Waals surface area contributed by atoms with E-state index in [1.165, 1.54) is 0 Å². The first-order valence-electron chi connectivity index (χ1n) is 5.91. The Bertz CT molecular complexity index is 543. The van der Waals surface area contributed by atoms with Crippen LogP contribution in [0, 0.1) is 13.8 Å². The molecule has 1 aromatic heterocycles. The van der Waals surface area contributed by atoms with E-state index >= 15 is 0 Å². The largest absolute Gasteiger partial charge is 0.459 e. The summed E-state index contributed by atoms with van der Waals surface area (Å²) in [5, 5.41) is 5.18. The van der Waals surface area contributed by atoms with Crippen molar-refractivity contribution in [2.45, 2.75) is 40.3 Å². The summed E-state index contributed by atoms with van der Waals surface area (Å²) in [5.41, 5.74) is 3.18. The molecule has 0 aliphatic heterocycles. The normalized spacial score (nSPS) is 11.6. The molecule has 0 amide bonds. The maximum absolute atomic E-state index is 6.23. The topological polar surface area (TPSA) is 25.2 Å². The van der Waals surface area contributed by atoms with Crippen LogP contribution in [0.2, 0.25) is 5.02 Å². The Morgan fingerprint density at radius 2 is 2.00 bits per heavy atom. The van der Waals surface area contributed by atoms with Gasteiger partial charge in [0.15, 0.2) is 0 Å². The van der Waals surface area contributed by atoms with E-state index in [4.69, 9.17) is 16.0 Å². The molecule has 1 aromatic carbocycles. The number of hydrogen-bond acceptors (Lipinski definition) is 2. The average Bonchev–Trinajstić information content (AvgIpc) is 2.60. The van der Waals surface area contributed by atoms with Crippen LogP contribution < -0.4 is 5.32 Å². The van der Waals surface area contributed by atoms with Gasteiger partial charge in [-0.2, -0.15) is 0 Å². The molecule has 0 saturated heterocycles. The Morgan fingerprint density at radius 1 is 1.29 bits per heavy atom. The molecule has 17 heavy (non-hydrogen) atoms. The van der Waals surface area contributed by atoms with Crippen molar-refractivity contribution in [1.82, 2.24) is 5.32 Å². The van der Waals surface area contributed by atoms with Crippen LogP contribution in [0.5, 0.6) is 0 Å². The first-order valence-corrected chi connectivity index (χ1v) is 6.29. The summed E-state index contributed by atoms with van der Waals surface area (Å²) >= 11 is 6.23. The van der Waals surface area contributed by atoms with Crippen LogP contribution in [-0.2, 0) is 6.54 Å². The minimum Gasteiger partial charge on any atom is -0.459 e. The van der Waals surface area contributed by atoms with Crippen molar-refractivity contribution in [2.24, 2.45) is 0 Å². The minimum absolute atomic E-state index is 0.444. The Hall–Kier alpha value is -0.990. The van der Waals surface area contributed by atoms with Gasteiger partial charge in [0.1, 0.15) is 11.3 Å². The van der Waals surface area contributed by atoms with Crippen molar-refractivity contribution in [1.29, 1.82) is 0 Å². The van der Waals surface area contributed by atoms with E-state index in [1.807, 2.05) is 19.1 Å². The SMILES string of the molecule is Cc1ccc(Cl)c2c(C)c(CNC(C)C)oc12. The number of rotatable bonds is 3. The lowest BCUT2D eigenvalue weighted by Crippen LogP contribution is -2.21. The number of benzene rings is 1. The van der Waals surface area contributed by atoms with Gasteiger partial charge in [0.25, 0.3) is 0 Å². The molecule has 1 heterocycles. The van der Waals surface area contributed by atoms with E-state index in [1.54, 1.807) is 0 Å². The zero-order valence-electron chi connectivity index (χ0n) is 10.7. The van der Waals surface area contributed by atoms with Gasteiger partial charge < -0.3 is 9.73 Å². The van der Waals surface area contributed by atoms with Crippen molar-refractivity contribution in [3.05, 3.63) is 34.0 Å². The Kier molecular flexibility index (Phi) is 3.45. The van der Waals surface area contributed by atoms with Crippen molar-refractivity contribution in [3.63, 3.8) is 0 Å². The highest BCUT2D eigenvalue weighted by atomic mass is 35.5. The van der Waals surface area contributed by atoms with E-state index in [0.717, 1.165) is 39.4 Å². The highest BCUT2D eigenvalue weighted by Crippen LogP contribution is 2.33. The van der Waals surface area contributed by atoms with E-state index in [0.29, 0.717) is 6.04 Å². The summed E-state index contributed by atoms with van der Waals surface area (Å²) in [4.78, 5) is 0. The molecule has 0 spiro atoms. The molecule has 2 aromatic rings. The van der Waals surface area contributed by atoms with Crippen LogP contribution in [0.4, 0.5) is 0 Å². The van der Waals surface area contributed by atoms with Crippen LogP contribution in [0.3, 0.4) is 0 Å². The molecular weight excluding hydrogens is 234 g/mol. The van der Waals surface area contributed by atoms with Gasteiger partial charge in [-0.1, -0.05) is 31.5 Å². The molecule has 0 bridgehead atoms. The Labute approximate surface area is 107 Å². The zero-order chi connectivity index (χ0) is 12.6. The number of furan rings is 1. The quantitative estimate of drug-likeness (QED) is 0.884. The van der Waals surface area contributed by atoms with Crippen LogP contribution in [0.25, 0.3) is 11.0 Å². The molecular formula is C14H18ClNO. The predicted octanol–water partition coefficient (Wildman–Crippen LogP) is 4.20. The second-order valence-corrected chi connectivity index (χ2v) is 5.16. The van der Waals surface area contributed by atoms with Crippen molar-refractivity contribution in [2.75, 3.05) is 0 Å². The highest BCUT2D eigenvalue weighted by molar-refractivity contribution is 6.35. The summed E-state index contributed by atoms with van der Waals surface area (Å²) in [6, 6.07) is 4.37. The maximum atomic E-state index is 6.23. The monoisotopic (exact) mass is 251 g/mol. The van der Waals surface area contributed by atoms with Gasteiger partial charge in [0.05, 0.1) is 11.6 Å². The third kappa shape index (κ3) is 2.33. The molecule has 2 nitrogen and oxygen atoms in total. The van der Waals surface area contributed by atoms with Crippen LogP contribution in [-0.4, -0.2) is 6.04 Å². The number of hydrogen-bond donors (Lipinski definition) is 1. The lowest BCUT2D eigenvalue weighted by Gasteiger charge is -2.05. The van der Waals surface area contributed by atoms with Gasteiger partial charge in [-0.3, -0.25) is 0 Å². The predicted molar refractivity (Wildman–Crippen MR) is 72.7 cm³/mol. The van der Waals surface area contributed by atoms with Gasteiger partial charge in [-0.05, 0) is 25.5 Å². The summed E-state index contributed by atoms with van der Waals surface area (Å²) in [6.07, 6.45) is 0. The zero-order valence-corrected chi connectivity index (χ0v) is 11.5. The second kappa shape index (κ2) is 4.71. The Balaban J connectivity index is 2.49. The molecule has 0 aliphatic carbocycles. The van der Waals surface area contributed by atoms with Crippen LogP contribution >= 0.6 is 11.6 Å². The molecule has 2 rings (SSSR count). The lowest BCUT2D eigenvalue weighted by molar-refractivity contribution is 0.484. The third-order valence-corrected chi connectivity index (χ3v) is 3.31. The molecule has 1 N–H and O–H groups in total. The minimum atomic E-state index is 0.444. The number of fused-ring (bicyclic) bond motifs is 1. The van der Waals surface area contributed by atoms with Gasteiger partial charge in [0, 0.05) is 17.0 Å². The number of nitrogens with one attached hydrogen (secondary N) is 1. The van der Waals surface area contributed by atoms with Gasteiger partial charge in [-0.15, -0.1) is 0 Å². The fourth-order valence-electron chi connectivity index (χ4n) is 1.95. The number of aryl methyl sites for hydroxylation is 2. The Morgan fingerprint density at radius 3 is 2.59 bits per heavy atom. The molecule has 3 heteroatoms. The smallest absolute Gasteiger partial charge is 0.139 e. The van der Waals surface area contributed by atoms with Crippen molar-refractivity contribution in [3.8, 4) is 0 Å². The summed E-state index contributed by atoms with van der Waals surface area (Å²) in [7, 11) is 0. The number of halogens is 1. The fourth-order valence-corrected chi connectivity index (χ4v) is 2.24. The summed E-state index contributed by atoms with van der Waals surface area (Å²) < 4.78 is 5.91. The van der Waals surface area contributed by atoms with E-state index in [9.17, 15) is 0 Å². The highest BCUT2D eigenvalue weighted by Gasteiger charge is 2.14. The van der Waals surface area contributed by atoms with Gasteiger partial charge >= 0.3 is 0 Å². The van der Waals surface area contributed by atoms with Crippen LogP contribution in [0.15, 0.2) is 16.5 Å². The lowest BCUT2D eigenvalue weighted by atomic mass is 10.1. The fraction of sp³-hybridized carbons (Fsp3) is 0.429. The molecule has 0 atom stereocenters. The average molecular weight is 252 g/mol. The standard InChI is InChI=1S/C14H18ClNO/c1-8(2)16-7-12-10(4)13-11(15)6-5-9(3)14(13)17-12/h5-6,8,16H,7H2,1-4H3. The van der Waals surface area contributed by atoms with E-state index in [-0.39, 0.29) is 0 Å². The van der Waals surface area contributed by atoms with Gasteiger partial charge in [-0.25, -0.2) is 0 Å². The maximum Gasteiger partial charge on any atom is 0.139 e. The summed E-state index contributed by atoms with van der Waals surface area (Å²) in [6.45, 7) is 9.09. The third-order valence-electron chi connectivity index (χ3n) is 2.99. The second-order valence-electron chi connectivity index (χ2n) is 4.75. The molecule has 0 fully saturated rings. The van der Waals surface area contributed by atoms with Gasteiger partial charge in [0.2, 0.25) is 0 Å². The molecule has 0 unspecified atom stereocenters. The van der Waals surface area contributed by atoms with Crippen LogP contribution in [0.1, 0.15) is 30.7 Å². The first-order chi connectivity index (χ1) is 8.00. The molecule has 0 radical (unpaired) electrons. The molecule has 0 saturated carbocycles. The van der Waals surface area contributed by atoms with Crippen molar-refractivity contribution < 1.29 is 4.42 Å². The van der Waals surface area contributed by atoms with E-state index < -0.39 is 0 Å². The van der Waals surface area contributed by atoms with Crippen molar-refractivity contribution >= 4 is 22.6 Å². The first kappa shape index (κ1) is 12.5. The van der Waals surface area contributed by atoms with E-state index in [2.05, 4.69) is 26.1 Å². The molecule has 0 aliphatic rings. The summed E-state index contributed by atoms with van der Waals surface area (Å²) in [5.74, 6) is 0.977.